The van der Waals surface area contributed by atoms with E-state index in [0.29, 0.717) is 0 Å². The van der Waals surface area contributed by atoms with E-state index in [-0.39, 0.29) is 12.1 Å². The SMILES string of the molecule is Nc1c(F)c(F)c2c3c1c(=O)c(C(=O)O)cn3[C@@H](CF)CO2. The molecule has 1 aromatic heterocycles. The van der Waals surface area contributed by atoms with Gasteiger partial charge in [0.1, 0.15) is 24.4 Å². The summed E-state index contributed by atoms with van der Waals surface area (Å²) in [4.78, 5) is 23.3. The first-order valence-electron chi connectivity index (χ1n) is 6.15. The van der Waals surface area contributed by atoms with E-state index in [9.17, 15) is 22.8 Å². The van der Waals surface area contributed by atoms with Crippen LogP contribution in [-0.2, 0) is 0 Å². The van der Waals surface area contributed by atoms with Crippen LogP contribution in [0.25, 0.3) is 10.9 Å². The minimum Gasteiger partial charge on any atom is -0.486 e. The van der Waals surface area contributed by atoms with E-state index in [0.717, 1.165) is 10.8 Å². The largest absolute Gasteiger partial charge is 0.486 e. The lowest BCUT2D eigenvalue weighted by molar-refractivity contribution is 0.0694. The molecule has 0 radical (unpaired) electrons. The number of pyridine rings is 1. The van der Waals surface area contributed by atoms with Gasteiger partial charge in [0, 0.05) is 6.20 Å². The van der Waals surface area contributed by atoms with Gasteiger partial charge in [0.05, 0.1) is 17.1 Å². The molecule has 2 aromatic rings. The molecule has 0 fully saturated rings. The highest BCUT2D eigenvalue weighted by atomic mass is 19.2. The molecular weight excluding hydrogens is 305 g/mol. The fourth-order valence-corrected chi connectivity index (χ4v) is 2.50. The summed E-state index contributed by atoms with van der Waals surface area (Å²) in [6.45, 7) is -1.28. The Balaban J connectivity index is 2.60. The van der Waals surface area contributed by atoms with Gasteiger partial charge in [0.15, 0.2) is 11.6 Å². The van der Waals surface area contributed by atoms with Crippen LogP contribution in [0.4, 0.5) is 18.9 Å². The number of carboxylic acids is 1. The van der Waals surface area contributed by atoms with Crippen molar-refractivity contribution in [2.45, 2.75) is 6.04 Å². The number of rotatable bonds is 2. The molecular formula is C13H9F3N2O4. The van der Waals surface area contributed by atoms with Gasteiger partial charge in [-0.05, 0) is 0 Å². The molecule has 0 saturated carbocycles. The Labute approximate surface area is 120 Å². The van der Waals surface area contributed by atoms with Crippen LogP contribution >= 0.6 is 0 Å². The van der Waals surface area contributed by atoms with Gasteiger partial charge in [0.2, 0.25) is 11.2 Å². The molecule has 3 N–H and O–H groups in total. The topological polar surface area (TPSA) is 94.5 Å². The molecule has 0 spiro atoms. The van der Waals surface area contributed by atoms with Crippen LogP contribution in [-0.4, -0.2) is 28.9 Å². The number of nitrogens with two attached hydrogens (primary N) is 1. The van der Waals surface area contributed by atoms with Crippen LogP contribution < -0.4 is 15.9 Å². The Bertz CT molecular complexity index is 878. The van der Waals surface area contributed by atoms with Crippen molar-refractivity contribution in [3.63, 3.8) is 0 Å². The number of anilines is 1. The highest BCUT2D eigenvalue weighted by Crippen LogP contribution is 2.38. The molecule has 2 heterocycles. The number of halogens is 3. The normalized spacial score (nSPS) is 16.6. The van der Waals surface area contributed by atoms with Crippen LogP contribution in [0.3, 0.4) is 0 Å². The van der Waals surface area contributed by atoms with Crippen molar-refractivity contribution in [1.82, 2.24) is 4.57 Å². The van der Waals surface area contributed by atoms with Crippen LogP contribution in [0, 0.1) is 11.6 Å². The number of nitrogens with zero attached hydrogens (tertiary/aromatic N) is 1. The minimum absolute atomic E-state index is 0.250. The fraction of sp³-hybridized carbons (Fsp3) is 0.231. The van der Waals surface area contributed by atoms with Crippen molar-refractivity contribution in [2.75, 3.05) is 19.0 Å². The van der Waals surface area contributed by atoms with E-state index in [4.69, 9.17) is 15.6 Å². The smallest absolute Gasteiger partial charge is 0.341 e. The average molecular weight is 314 g/mol. The van der Waals surface area contributed by atoms with Crippen LogP contribution in [0.15, 0.2) is 11.0 Å². The number of carbonyl (C=O) groups is 1. The Kier molecular flexibility index (Phi) is 3.01. The number of aromatic nitrogens is 1. The maximum atomic E-state index is 13.9. The minimum atomic E-state index is -1.58. The standard InChI is InChI=1S/C13H9F3N2O4/c14-1-4-3-22-12-8(16)7(15)9(17)6-10(12)18(4)2-5(11(6)19)13(20)21/h2,4H,1,3,17H2,(H,20,21)/t4-/m0/s1. The molecule has 0 amide bonds. The van der Waals surface area contributed by atoms with Crippen LogP contribution in [0.5, 0.6) is 5.75 Å². The summed E-state index contributed by atoms with van der Waals surface area (Å²) < 4.78 is 46.9. The maximum Gasteiger partial charge on any atom is 0.341 e. The van der Waals surface area contributed by atoms with Gasteiger partial charge in [-0.25, -0.2) is 13.6 Å². The quantitative estimate of drug-likeness (QED) is 0.818. The number of carboxylic acid groups (broad SMARTS) is 1. The molecule has 6 nitrogen and oxygen atoms in total. The van der Waals surface area contributed by atoms with Gasteiger partial charge >= 0.3 is 5.97 Å². The highest BCUT2D eigenvalue weighted by molar-refractivity contribution is 6.00. The molecule has 9 heteroatoms. The molecule has 1 aliphatic rings. The number of aromatic carboxylic acids is 1. The van der Waals surface area contributed by atoms with E-state index < -0.39 is 58.1 Å². The monoisotopic (exact) mass is 314 g/mol. The third-order valence-corrected chi connectivity index (χ3v) is 3.57. The highest BCUT2D eigenvalue weighted by Gasteiger charge is 2.31. The van der Waals surface area contributed by atoms with Crippen molar-refractivity contribution in [2.24, 2.45) is 0 Å². The number of ether oxygens (including phenoxy) is 1. The summed E-state index contributed by atoms with van der Waals surface area (Å²) in [6, 6.07) is -0.974. The van der Waals surface area contributed by atoms with Crippen LogP contribution in [0.2, 0.25) is 0 Å². The zero-order valence-corrected chi connectivity index (χ0v) is 10.9. The predicted molar refractivity (Wildman–Crippen MR) is 70.0 cm³/mol. The van der Waals surface area contributed by atoms with E-state index in [1.54, 1.807) is 0 Å². The summed E-state index contributed by atoms with van der Waals surface area (Å²) in [5.41, 5.74) is 2.54. The number of alkyl halides is 1. The molecule has 0 bridgehead atoms. The lowest BCUT2D eigenvalue weighted by Gasteiger charge is -2.28. The lowest BCUT2D eigenvalue weighted by atomic mass is 10.1. The van der Waals surface area contributed by atoms with Crippen molar-refractivity contribution in [1.29, 1.82) is 0 Å². The van der Waals surface area contributed by atoms with Crippen molar-refractivity contribution in [3.8, 4) is 5.75 Å². The van der Waals surface area contributed by atoms with E-state index in [1.807, 2.05) is 0 Å². The Morgan fingerprint density at radius 1 is 1.45 bits per heavy atom. The first kappa shape index (κ1) is 14.2. The number of nitrogen functional groups attached to an aromatic ring is 1. The molecule has 1 atom stereocenters. The number of hydrogen-bond acceptors (Lipinski definition) is 4. The van der Waals surface area contributed by atoms with E-state index in [1.165, 1.54) is 0 Å². The number of benzene rings is 1. The Morgan fingerprint density at radius 2 is 2.14 bits per heavy atom. The molecule has 0 saturated heterocycles. The van der Waals surface area contributed by atoms with Gasteiger partial charge in [-0.3, -0.25) is 4.79 Å². The first-order chi connectivity index (χ1) is 10.4. The lowest BCUT2D eigenvalue weighted by Crippen LogP contribution is -2.30. The van der Waals surface area contributed by atoms with Gasteiger partial charge in [0.25, 0.3) is 0 Å². The summed E-state index contributed by atoms with van der Waals surface area (Å²) in [6.07, 6.45) is 0.889. The van der Waals surface area contributed by atoms with Gasteiger partial charge in [-0.1, -0.05) is 0 Å². The van der Waals surface area contributed by atoms with Crippen molar-refractivity contribution in [3.05, 3.63) is 33.6 Å². The third kappa shape index (κ3) is 1.68. The molecule has 1 aromatic carbocycles. The Morgan fingerprint density at radius 3 is 2.73 bits per heavy atom. The molecule has 116 valence electrons. The fourth-order valence-electron chi connectivity index (χ4n) is 2.50. The summed E-state index contributed by atoms with van der Waals surface area (Å²) >= 11 is 0. The summed E-state index contributed by atoms with van der Waals surface area (Å²) in [5, 5.41) is 8.52. The third-order valence-electron chi connectivity index (χ3n) is 3.57. The zero-order valence-electron chi connectivity index (χ0n) is 10.9. The zero-order chi connectivity index (χ0) is 16.2. The average Bonchev–Trinajstić information content (AvgIpc) is 2.49. The molecule has 0 aliphatic carbocycles. The second-order valence-corrected chi connectivity index (χ2v) is 4.80. The second kappa shape index (κ2) is 4.65. The maximum absolute atomic E-state index is 13.9. The predicted octanol–water partition coefficient (Wildman–Crippen LogP) is 1.46. The first-order valence-corrected chi connectivity index (χ1v) is 6.15. The molecule has 0 unspecified atom stereocenters. The molecule has 22 heavy (non-hydrogen) atoms. The molecule has 3 rings (SSSR count). The summed E-state index contributed by atoms with van der Waals surface area (Å²) in [7, 11) is 0. The van der Waals surface area contributed by atoms with Gasteiger partial charge in [-0.15, -0.1) is 0 Å². The number of hydrogen-bond donors (Lipinski definition) is 2. The van der Waals surface area contributed by atoms with Crippen molar-refractivity contribution < 1.29 is 27.8 Å². The van der Waals surface area contributed by atoms with Crippen LogP contribution in [0.1, 0.15) is 16.4 Å². The van der Waals surface area contributed by atoms with Gasteiger partial charge in [-0.2, -0.15) is 4.39 Å². The molecule has 1 aliphatic heterocycles. The van der Waals surface area contributed by atoms with E-state index >= 15 is 0 Å². The van der Waals surface area contributed by atoms with E-state index in [2.05, 4.69) is 0 Å². The van der Waals surface area contributed by atoms with Crippen molar-refractivity contribution >= 4 is 22.6 Å². The summed E-state index contributed by atoms with van der Waals surface area (Å²) in [5.74, 6) is -5.07. The second-order valence-electron chi connectivity index (χ2n) is 4.80. The Hall–Kier alpha value is -2.71. The van der Waals surface area contributed by atoms with Gasteiger partial charge < -0.3 is 20.1 Å².